The molecule has 0 aromatic rings. The van der Waals surface area contributed by atoms with Crippen molar-refractivity contribution in [1.82, 2.24) is 0 Å². The van der Waals surface area contributed by atoms with Gasteiger partial charge in [-0.2, -0.15) is 0 Å². The zero-order valence-electron chi connectivity index (χ0n) is 24.3. The van der Waals surface area contributed by atoms with Crippen LogP contribution >= 0.6 is 22.6 Å². The maximum Gasteiger partial charge on any atom is 0.329 e. The minimum absolute atomic E-state index is 0.243. The van der Waals surface area contributed by atoms with Crippen molar-refractivity contribution in [2.45, 2.75) is 0 Å². The summed E-state index contributed by atoms with van der Waals surface area (Å²) in [7, 11) is 0. The molecule has 0 spiro atoms. The number of carbonyl (C=O) groups is 1. The molecule has 246 valence electrons. The fourth-order valence-electron chi connectivity index (χ4n) is 2.63. The molecule has 15 heteroatoms. The van der Waals surface area contributed by atoms with Gasteiger partial charge in [0.1, 0.15) is 6.61 Å². The lowest BCUT2D eigenvalue weighted by Crippen LogP contribution is -2.15. The number of hydrogen-bond donors (Lipinski definition) is 1. The Morgan fingerprint density at radius 2 is 0.512 bits per heavy atom. The number of hydrogen-bond acceptors (Lipinski definition) is 13. The molecule has 1 N–H and O–H groups in total. The summed E-state index contributed by atoms with van der Waals surface area (Å²) in [6.07, 6.45) is 0. The van der Waals surface area contributed by atoms with Gasteiger partial charge in [-0.3, -0.25) is 0 Å². The Labute approximate surface area is 257 Å². The lowest BCUT2D eigenvalue weighted by atomic mass is 10.6. The Balaban J connectivity index is 3.03. The van der Waals surface area contributed by atoms with Crippen LogP contribution in [0.5, 0.6) is 0 Å². The van der Waals surface area contributed by atoms with Crippen LogP contribution in [-0.4, -0.2) is 174 Å². The van der Waals surface area contributed by atoms with E-state index in [4.69, 9.17) is 61.9 Å². The van der Waals surface area contributed by atoms with Crippen molar-refractivity contribution in [2.24, 2.45) is 0 Å². The van der Waals surface area contributed by atoms with Gasteiger partial charge >= 0.3 is 5.97 Å². The Morgan fingerprint density at radius 1 is 0.341 bits per heavy atom. The molecular weight excluding hydrogens is 663 g/mol. The van der Waals surface area contributed by atoms with Crippen LogP contribution in [0.3, 0.4) is 0 Å². The molecule has 0 heterocycles. The summed E-state index contributed by atoms with van der Waals surface area (Å²) in [6, 6.07) is 0. The van der Waals surface area contributed by atoms with Crippen molar-refractivity contribution in [3.05, 3.63) is 0 Å². The Morgan fingerprint density at radius 3 is 0.683 bits per heavy atom. The summed E-state index contributed by atoms with van der Waals surface area (Å²) in [5.41, 5.74) is 0. The van der Waals surface area contributed by atoms with Gasteiger partial charge in [-0.05, 0) is 0 Å². The molecule has 0 aliphatic carbocycles. The van der Waals surface area contributed by atoms with Gasteiger partial charge in [0.15, 0.2) is 0 Å². The molecule has 0 atom stereocenters. The lowest BCUT2D eigenvalue weighted by molar-refractivity contribution is -0.142. The summed E-state index contributed by atoms with van der Waals surface area (Å²) >= 11 is 2.27. The highest BCUT2D eigenvalue weighted by Crippen LogP contribution is 1.88. The molecule has 14 nitrogen and oxygen atoms in total. The topological polar surface area (TPSA) is 148 Å². The van der Waals surface area contributed by atoms with Crippen LogP contribution < -0.4 is 0 Å². The van der Waals surface area contributed by atoms with E-state index >= 15 is 0 Å². The van der Waals surface area contributed by atoms with Gasteiger partial charge < -0.3 is 61.9 Å². The van der Waals surface area contributed by atoms with Gasteiger partial charge in [-0.25, -0.2) is 4.79 Å². The minimum Gasteiger partial charge on any atom is -0.480 e. The van der Waals surface area contributed by atoms with Gasteiger partial charge in [-0.15, -0.1) is 0 Å². The molecule has 0 bridgehead atoms. The van der Waals surface area contributed by atoms with Crippen LogP contribution in [0.1, 0.15) is 0 Å². The van der Waals surface area contributed by atoms with E-state index in [1.165, 1.54) is 0 Å². The lowest BCUT2D eigenvalue weighted by Gasteiger charge is -2.09. The van der Waals surface area contributed by atoms with Crippen LogP contribution in [0.25, 0.3) is 0 Å². The van der Waals surface area contributed by atoms with Crippen molar-refractivity contribution in [2.75, 3.05) is 163 Å². The molecule has 0 aromatic carbocycles. The number of ether oxygens (including phenoxy) is 12. The molecule has 0 radical (unpaired) electrons. The first-order chi connectivity index (χ1) is 20.3. The molecule has 0 rings (SSSR count). The third kappa shape index (κ3) is 39.7. The van der Waals surface area contributed by atoms with Crippen LogP contribution in [0.4, 0.5) is 0 Å². The maximum absolute atomic E-state index is 10.3. The number of aliphatic carboxylic acids is 1. The van der Waals surface area contributed by atoms with Crippen molar-refractivity contribution >= 4 is 28.6 Å². The number of rotatable bonds is 37. The van der Waals surface area contributed by atoms with E-state index in [-0.39, 0.29) is 13.2 Å². The molecule has 0 saturated carbocycles. The molecule has 0 unspecified atom stereocenters. The highest BCUT2D eigenvalue weighted by atomic mass is 127. The number of alkyl halides is 1. The Bertz CT molecular complexity index is 507. The molecule has 0 aromatic heterocycles. The van der Waals surface area contributed by atoms with Crippen molar-refractivity contribution in [1.29, 1.82) is 0 Å². The highest BCUT2D eigenvalue weighted by Gasteiger charge is 1.97. The molecule has 0 aliphatic rings. The van der Waals surface area contributed by atoms with E-state index in [1.54, 1.807) is 0 Å². The average molecular weight is 715 g/mol. The summed E-state index contributed by atoms with van der Waals surface area (Å²) in [5.74, 6) is -0.995. The standard InChI is InChI=1S/C26H51IO14/c27-1-2-30-3-4-31-5-6-32-7-8-33-9-10-34-11-12-35-13-14-36-15-16-37-17-18-38-19-20-39-21-22-40-23-24-41-25-26(28)29/h1-25H2,(H,28,29). The summed E-state index contributed by atoms with van der Waals surface area (Å²) in [4.78, 5) is 10.3. The van der Waals surface area contributed by atoms with Gasteiger partial charge in [-0.1, -0.05) is 22.6 Å². The van der Waals surface area contributed by atoms with Crippen LogP contribution in [0.15, 0.2) is 0 Å². The van der Waals surface area contributed by atoms with E-state index in [0.717, 1.165) is 11.0 Å². The van der Waals surface area contributed by atoms with E-state index in [2.05, 4.69) is 22.6 Å². The number of halogens is 1. The number of carboxylic acids is 1. The van der Waals surface area contributed by atoms with Gasteiger partial charge in [0.05, 0.1) is 152 Å². The summed E-state index contributed by atoms with van der Waals surface area (Å²) < 4.78 is 65.2. The second-order valence-electron chi connectivity index (χ2n) is 7.87. The van der Waals surface area contributed by atoms with E-state index < -0.39 is 5.97 Å². The largest absolute Gasteiger partial charge is 0.480 e. The van der Waals surface area contributed by atoms with Crippen molar-refractivity contribution < 1.29 is 66.7 Å². The third-order valence-electron chi connectivity index (χ3n) is 4.54. The highest BCUT2D eigenvalue weighted by molar-refractivity contribution is 14.1. The zero-order chi connectivity index (χ0) is 29.7. The van der Waals surface area contributed by atoms with E-state index in [9.17, 15) is 4.79 Å². The van der Waals surface area contributed by atoms with Gasteiger partial charge in [0, 0.05) is 4.43 Å². The first-order valence-electron chi connectivity index (χ1n) is 14.0. The quantitative estimate of drug-likeness (QED) is 0.0547. The SMILES string of the molecule is O=C(O)COCCOCCOCCOCCOCCOCCOCCOCCOCCOCCOCCOCCI. The fraction of sp³-hybridized carbons (Fsp3) is 0.962. The average Bonchev–Trinajstić information content (AvgIpc) is 2.97. The van der Waals surface area contributed by atoms with Crippen LogP contribution in [0, 0.1) is 0 Å². The molecule has 0 aliphatic heterocycles. The monoisotopic (exact) mass is 714 g/mol. The summed E-state index contributed by atoms with van der Waals surface area (Å²) in [5, 5.41) is 8.41. The van der Waals surface area contributed by atoms with Crippen LogP contribution in [-0.2, 0) is 61.6 Å². The predicted molar refractivity (Wildman–Crippen MR) is 156 cm³/mol. The molecular formula is C26H51IO14. The Hall–Kier alpha value is -0.280. The van der Waals surface area contributed by atoms with Crippen LogP contribution in [0.2, 0.25) is 0 Å². The predicted octanol–water partition coefficient (Wildman–Crippen LogP) is 0.705. The van der Waals surface area contributed by atoms with Crippen molar-refractivity contribution in [3.63, 3.8) is 0 Å². The molecule has 0 amide bonds. The molecule has 41 heavy (non-hydrogen) atoms. The third-order valence-corrected chi connectivity index (χ3v) is 4.98. The van der Waals surface area contributed by atoms with Crippen molar-refractivity contribution in [3.8, 4) is 0 Å². The second-order valence-corrected chi connectivity index (χ2v) is 8.95. The van der Waals surface area contributed by atoms with Gasteiger partial charge in [0.2, 0.25) is 0 Å². The normalized spacial score (nSPS) is 11.4. The fourth-order valence-corrected chi connectivity index (χ4v) is 2.94. The van der Waals surface area contributed by atoms with E-state index in [0.29, 0.717) is 139 Å². The first-order valence-corrected chi connectivity index (χ1v) is 15.5. The molecule has 0 fully saturated rings. The first kappa shape index (κ1) is 40.7. The maximum atomic E-state index is 10.3. The second kappa shape index (κ2) is 37.7. The molecule has 0 saturated heterocycles. The Kier molecular flexibility index (Phi) is 37.5. The smallest absolute Gasteiger partial charge is 0.329 e. The number of carboxylic acid groups (broad SMARTS) is 1. The minimum atomic E-state index is -0.995. The van der Waals surface area contributed by atoms with E-state index in [1.807, 2.05) is 0 Å². The summed E-state index contributed by atoms with van der Waals surface area (Å²) in [6.45, 7) is 11.2. The zero-order valence-corrected chi connectivity index (χ0v) is 26.5. The van der Waals surface area contributed by atoms with Gasteiger partial charge in [0.25, 0.3) is 0 Å².